The standard InChI is InChI=1S/C21H23N5O/c27-21(23-13-11-15-14-24-17-7-2-1-6-16(15)17)22-12-5-10-20-25-18-8-3-4-9-19(18)26-20/h1-4,6-9,14,24H,5,10-13H2,(H,25,26)(H2,22,23,27). The van der Waals surface area contributed by atoms with Crippen LogP contribution in [0.5, 0.6) is 0 Å². The number of hydrogen-bond acceptors (Lipinski definition) is 2. The summed E-state index contributed by atoms with van der Waals surface area (Å²) >= 11 is 0. The fourth-order valence-corrected chi connectivity index (χ4v) is 3.29. The fraction of sp³-hybridized carbons (Fsp3) is 0.238. The second kappa shape index (κ2) is 7.95. The van der Waals surface area contributed by atoms with Crippen LogP contribution in [0.2, 0.25) is 0 Å². The van der Waals surface area contributed by atoms with Crippen molar-refractivity contribution in [3.05, 3.63) is 66.1 Å². The van der Waals surface area contributed by atoms with E-state index in [1.807, 2.05) is 42.6 Å². The summed E-state index contributed by atoms with van der Waals surface area (Å²) in [7, 11) is 0. The lowest BCUT2D eigenvalue weighted by atomic mass is 10.1. The third kappa shape index (κ3) is 4.11. The van der Waals surface area contributed by atoms with E-state index in [0.29, 0.717) is 13.1 Å². The average Bonchev–Trinajstić information content (AvgIpc) is 3.29. The number of aromatic amines is 2. The van der Waals surface area contributed by atoms with Crippen molar-refractivity contribution in [3.63, 3.8) is 0 Å². The number of carbonyl (C=O) groups is 1. The van der Waals surface area contributed by atoms with Crippen LogP contribution >= 0.6 is 0 Å². The zero-order chi connectivity index (χ0) is 18.5. The molecule has 0 aliphatic carbocycles. The Morgan fingerprint density at radius 2 is 1.70 bits per heavy atom. The van der Waals surface area contributed by atoms with E-state index < -0.39 is 0 Å². The summed E-state index contributed by atoms with van der Waals surface area (Å²) in [6.07, 6.45) is 4.47. The number of H-pyrrole nitrogens is 2. The molecule has 0 aliphatic heterocycles. The van der Waals surface area contributed by atoms with Gasteiger partial charge in [0.1, 0.15) is 5.82 Å². The Labute approximate surface area is 157 Å². The number of hydrogen-bond donors (Lipinski definition) is 4. The van der Waals surface area contributed by atoms with Crippen molar-refractivity contribution in [1.82, 2.24) is 25.6 Å². The van der Waals surface area contributed by atoms with Gasteiger partial charge in [0, 0.05) is 36.6 Å². The highest BCUT2D eigenvalue weighted by Gasteiger charge is 2.05. The maximum absolute atomic E-state index is 11.9. The number of nitrogens with zero attached hydrogens (tertiary/aromatic N) is 1. The summed E-state index contributed by atoms with van der Waals surface area (Å²) in [5, 5.41) is 7.04. The predicted octanol–water partition coefficient (Wildman–Crippen LogP) is 3.52. The van der Waals surface area contributed by atoms with Crippen LogP contribution in [0.4, 0.5) is 4.79 Å². The molecule has 0 radical (unpaired) electrons. The summed E-state index contributed by atoms with van der Waals surface area (Å²) in [5.41, 5.74) is 4.38. The third-order valence-corrected chi connectivity index (χ3v) is 4.67. The maximum atomic E-state index is 11.9. The molecule has 0 bridgehead atoms. The molecular weight excluding hydrogens is 338 g/mol. The first kappa shape index (κ1) is 17.1. The van der Waals surface area contributed by atoms with E-state index in [9.17, 15) is 4.79 Å². The van der Waals surface area contributed by atoms with Gasteiger partial charge in [-0.05, 0) is 36.6 Å². The van der Waals surface area contributed by atoms with Gasteiger partial charge in [-0.2, -0.15) is 0 Å². The summed E-state index contributed by atoms with van der Waals surface area (Å²) in [6.45, 7) is 1.23. The zero-order valence-electron chi connectivity index (χ0n) is 15.1. The number of aromatic nitrogens is 3. The van der Waals surface area contributed by atoms with Gasteiger partial charge in [-0.3, -0.25) is 0 Å². The molecule has 2 heterocycles. The average molecular weight is 361 g/mol. The van der Waals surface area contributed by atoms with Gasteiger partial charge < -0.3 is 20.6 Å². The molecule has 0 atom stereocenters. The van der Waals surface area contributed by atoms with Crippen molar-refractivity contribution in [1.29, 1.82) is 0 Å². The Bertz CT molecular complexity index is 1020. The number of carbonyl (C=O) groups excluding carboxylic acids is 1. The molecule has 2 aromatic carbocycles. The van der Waals surface area contributed by atoms with E-state index in [2.05, 4.69) is 37.7 Å². The predicted molar refractivity (Wildman–Crippen MR) is 108 cm³/mol. The van der Waals surface area contributed by atoms with Gasteiger partial charge in [-0.15, -0.1) is 0 Å². The summed E-state index contributed by atoms with van der Waals surface area (Å²) in [4.78, 5) is 23.0. The van der Waals surface area contributed by atoms with Crippen LogP contribution in [0.3, 0.4) is 0 Å². The van der Waals surface area contributed by atoms with E-state index >= 15 is 0 Å². The van der Waals surface area contributed by atoms with Crippen molar-refractivity contribution in [3.8, 4) is 0 Å². The highest BCUT2D eigenvalue weighted by atomic mass is 16.2. The van der Waals surface area contributed by atoms with Crippen molar-refractivity contribution in [2.75, 3.05) is 13.1 Å². The lowest BCUT2D eigenvalue weighted by molar-refractivity contribution is 0.241. The lowest BCUT2D eigenvalue weighted by Crippen LogP contribution is -2.37. The van der Waals surface area contributed by atoms with Crippen molar-refractivity contribution in [2.45, 2.75) is 19.3 Å². The SMILES string of the molecule is O=C(NCCCc1nc2ccccc2[nH]1)NCCc1c[nH]c2ccccc12. The van der Waals surface area contributed by atoms with E-state index in [1.165, 1.54) is 10.9 Å². The van der Waals surface area contributed by atoms with E-state index in [1.54, 1.807) is 0 Å². The van der Waals surface area contributed by atoms with Gasteiger partial charge in [0.25, 0.3) is 0 Å². The second-order valence-corrected chi connectivity index (χ2v) is 6.60. The van der Waals surface area contributed by atoms with E-state index in [4.69, 9.17) is 0 Å². The van der Waals surface area contributed by atoms with Crippen LogP contribution in [-0.4, -0.2) is 34.1 Å². The topological polar surface area (TPSA) is 85.6 Å². The highest BCUT2D eigenvalue weighted by Crippen LogP contribution is 2.17. The van der Waals surface area contributed by atoms with Crippen LogP contribution in [0.1, 0.15) is 17.8 Å². The zero-order valence-corrected chi connectivity index (χ0v) is 15.1. The molecule has 6 nitrogen and oxygen atoms in total. The molecule has 27 heavy (non-hydrogen) atoms. The fourth-order valence-electron chi connectivity index (χ4n) is 3.29. The quantitative estimate of drug-likeness (QED) is 0.380. The number of fused-ring (bicyclic) bond motifs is 2. The largest absolute Gasteiger partial charge is 0.361 e. The minimum Gasteiger partial charge on any atom is -0.361 e. The van der Waals surface area contributed by atoms with Gasteiger partial charge >= 0.3 is 6.03 Å². The van der Waals surface area contributed by atoms with Crippen LogP contribution in [0, 0.1) is 0 Å². The highest BCUT2D eigenvalue weighted by molar-refractivity contribution is 5.83. The first-order chi connectivity index (χ1) is 13.3. The smallest absolute Gasteiger partial charge is 0.314 e. The first-order valence-corrected chi connectivity index (χ1v) is 9.30. The van der Waals surface area contributed by atoms with Gasteiger partial charge in [0.05, 0.1) is 11.0 Å². The molecule has 0 aliphatic rings. The second-order valence-electron chi connectivity index (χ2n) is 6.60. The molecule has 0 saturated heterocycles. The maximum Gasteiger partial charge on any atom is 0.314 e. The minimum atomic E-state index is -0.126. The summed E-state index contributed by atoms with van der Waals surface area (Å²) in [6, 6.07) is 16.1. The number of benzene rings is 2. The number of rotatable bonds is 7. The molecule has 4 N–H and O–H groups in total. The van der Waals surface area contributed by atoms with Crippen LogP contribution in [0.25, 0.3) is 21.9 Å². The number of imidazole rings is 1. The van der Waals surface area contributed by atoms with E-state index in [-0.39, 0.29) is 6.03 Å². The molecule has 4 aromatic rings. The number of para-hydroxylation sites is 3. The molecule has 0 spiro atoms. The monoisotopic (exact) mass is 361 g/mol. The normalized spacial score (nSPS) is 11.1. The Balaban J connectivity index is 1.16. The summed E-state index contributed by atoms with van der Waals surface area (Å²) < 4.78 is 0. The molecule has 0 unspecified atom stereocenters. The van der Waals surface area contributed by atoms with Gasteiger partial charge in [0.15, 0.2) is 0 Å². The van der Waals surface area contributed by atoms with Crippen LogP contribution < -0.4 is 10.6 Å². The Hall–Kier alpha value is -3.28. The molecule has 2 amide bonds. The Kier molecular flexibility index (Phi) is 5.05. The molecule has 0 fully saturated rings. The van der Waals surface area contributed by atoms with Gasteiger partial charge in [-0.25, -0.2) is 9.78 Å². The number of urea groups is 1. The molecule has 4 rings (SSSR count). The van der Waals surface area contributed by atoms with Crippen LogP contribution in [0.15, 0.2) is 54.7 Å². The van der Waals surface area contributed by atoms with E-state index in [0.717, 1.165) is 41.6 Å². The Morgan fingerprint density at radius 3 is 2.59 bits per heavy atom. The van der Waals surface area contributed by atoms with Crippen molar-refractivity contribution < 1.29 is 4.79 Å². The molecule has 0 saturated carbocycles. The minimum absolute atomic E-state index is 0.126. The molecule has 138 valence electrons. The van der Waals surface area contributed by atoms with Crippen molar-refractivity contribution in [2.24, 2.45) is 0 Å². The number of amides is 2. The molecular formula is C21H23N5O. The lowest BCUT2D eigenvalue weighted by Gasteiger charge is -2.07. The van der Waals surface area contributed by atoms with Gasteiger partial charge in [-0.1, -0.05) is 30.3 Å². The third-order valence-electron chi connectivity index (χ3n) is 4.67. The van der Waals surface area contributed by atoms with Crippen LogP contribution in [-0.2, 0) is 12.8 Å². The number of aryl methyl sites for hydroxylation is 1. The number of nitrogens with one attached hydrogen (secondary N) is 4. The van der Waals surface area contributed by atoms with Crippen molar-refractivity contribution >= 4 is 28.0 Å². The molecule has 6 heteroatoms. The molecule has 2 aromatic heterocycles. The first-order valence-electron chi connectivity index (χ1n) is 9.30. The Morgan fingerprint density at radius 1 is 0.926 bits per heavy atom. The van der Waals surface area contributed by atoms with Gasteiger partial charge in [0.2, 0.25) is 0 Å². The summed E-state index contributed by atoms with van der Waals surface area (Å²) in [5.74, 6) is 0.956.